The largest absolute Gasteiger partial charge is 0.465 e. The minimum atomic E-state index is -4.71. The first-order valence-electron chi connectivity index (χ1n) is 5.61. The normalized spacial score (nSPS) is 17.1. The van der Waals surface area contributed by atoms with Gasteiger partial charge in [0.25, 0.3) is 0 Å². The molecule has 21 heavy (non-hydrogen) atoms. The molecule has 0 aliphatic carbocycles. The summed E-state index contributed by atoms with van der Waals surface area (Å²) in [5.74, 6) is -1.12. The zero-order chi connectivity index (χ0) is 15.8. The van der Waals surface area contributed by atoms with E-state index >= 15 is 0 Å². The maximum Gasteiger partial charge on any atom is 0.417 e. The van der Waals surface area contributed by atoms with Gasteiger partial charge in [0.2, 0.25) is 9.84 Å². The van der Waals surface area contributed by atoms with Crippen molar-refractivity contribution in [1.82, 2.24) is 0 Å². The summed E-state index contributed by atoms with van der Waals surface area (Å²) in [6.45, 7) is 0. The molecule has 0 fully saturated rings. The van der Waals surface area contributed by atoms with Crippen LogP contribution in [0.3, 0.4) is 0 Å². The Kier molecular flexibility index (Phi) is 3.66. The lowest BCUT2D eigenvalue weighted by Crippen LogP contribution is -2.15. The molecule has 0 radical (unpaired) electrons. The lowest BCUT2D eigenvalue weighted by atomic mass is 10.1. The Morgan fingerprint density at radius 3 is 2.33 bits per heavy atom. The average Bonchev–Trinajstić information content (AvgIpc) is 2.72. The quantitative estimate of drug-likeness (QED) is 0.786. The average molecular weight is 318 g/mol. The van der Waals surface area contributed by atoms with Crippen molar-refractivity contribution in [2.45, 2.75) is 6.18 Å². The fraction of sp³-hybridized carbons (Fsp3) is 0.154. The molecule has 0 spiro atoms. The van der Waals surface area contributed by atoms with E-state index in [1.165, 1.54) is 6.07 Å². The van der Waals surface area contributed by atoms with E-state index in [9.17, 15) is 26.4 Å². The maximum absolute atomic E-state index is 12.9. The second-order valence-electron chi connectivity index (χ2n) is 4.10. The first-order valence-corrected chi connectivity index (χ1v) is 7.10. The second-order valence-corrected chi connectivity index (χ2v) is 5.99. The third-order valence-corrected chi connectivity index (χ3v) is 4.67. The molecule has 8 heteroatoms. The molecular weight excluding hydrogens is 309 g/mol. The molecule has 0 saturated heterocycles. The van der Waals surface area contributed by atoms with Gasteiger partial charge in [0.15, 0.2) is 4.91 Å². The molecule has 1 aliphatic heterocycles. The molecule has 2 rings (SSSR count). The Bertz CT molecular complexity index is 758. The number of carbonyl (C=O) groups is 1. The minimum absolute atomic E-state index is 0.500. The summed E-state index contributed by atoms with van der Waals surface area (Å²) in [5, 5.41) is 0. The molecule has 0 atom stereocenters. The highest BCUT2D eigenvalue weighted by atomic mass is 32.2. The second kappa shape index (κ2) is 5.03. The highest BCUT2D eigenvalue weighted by molar-refractivity contribution is 8.05. The predicted octanol–water partition coefficient (Wildman–Crippen LogP) is 2.53. The minimum Gasteiger partial charge on any atom is -0.465 e. The fourth-order valence-corrected chi connectivity index (χ4v) is 3.41. The summed E-state index contributed by atoms with van der Waals surface area (Å²) < 4.78 is 67.5. The Hall–Kier alpha value is -2.09. The van der Waals surface area contributed by atoms with Crippen molar-refractivity contribution in [3.63, 3.8) is 0 Å². The number of benzene rings is 1. The van der Waals surface area contributed by atoms with Gasteiger partial charge in [0.05, 0.1) is 17.6 Å². The molecule has 4 nitrogen and oxygen atoms in total. The van der Waals surface area contributed by atoms with E-state index in [0.29, 0.717) is 0 Å². The number of allylic oxidation sites excluding steroid dienone is 2. The van der Waals surface area contributed by atoms with E-state index < -0.39 is 42.9 Å². The number of sulfone groups is 1. The molecule has 0 aromatic heterocycles. The van der Waals surface area contributed by atoms with E-state index in [2.05, 4.69) is 4.74 Å². The van der Waals surface area contributed by atoms with E-state index in [1.54, 1.807) is 0 Å². The summed E-state index contributed by atoms with van der Waals surface area (Å²) in [6, 6.07) is 4.27. The van der Waals surface area contributed by atoms with Crippen molar-refractivity contribution in [2.24, 2.45) is 0 Å². The molecule has 1 aromatic carbocycles. The van der Waals surface area contributed by atoms with Crippen molar-refractivity contribution in [2.75, 3.05) is 7.11 Å². The van der Waals surface area contributed by atoms with Crippen molar-refractivity contribution in [3.05, 3.63) is 52.4 Å². The summed E-state index contributed by atoms with van der Waals surface area (Å²) in [4.78, 5) is 10.1. The van der Waals surface area contributed by atoms with Crippen molar-refractivity contribution in [1.29, 1.82) is 0 Å². The molecule has 0 bridgehead atoms. The number of carbonyl (C=O) groups excluding carboxylic acids is 1. The summed E-state index contributed by atoms with van der Waals surface area (Å²) in [5.41, 5.74) is -1.58. The number of hydrogen-bond donors (Lipinski definition) is 0. The standard InChI is InChI=1S/C13H9F3O4S/c1-20-12(17)11-7-6-10(21(11,18)19)8-4-2-3-5-9(8)13(14,15)16/h2-7H,1H3. The molecule has 0 amide bonds. The topological polar surface area (TPSA) is 60.4 Å². The Labute approximate surface area is 118 Å². The van der Waals surface area contributed by atoms with Gasteiger partial charge in [-0.05, 0) is 18.2 Å². The number of rotatable bonds is 2. The summed E-state index contributed by atoms with van der Waals surface area (Å²) in [6.07, 6.45) is -2.81. The van der Waals surface area contributed by atoms with E-state index in [4.69, 9.17) is 0 Å². The lowest BCUT2D eigenvalue weighted by molar-refractivity contribution is -0.138. The zero-order valence-corrected chi connectivity index (χ0v) is 11.5. The molecule has 0 N–H and O–H groups in total. The maximum atomic E-state index is 12.9. The van der Waals surface area contributed by atoms with Gasteiger partial charge in [0.1, 0.15) is 0 Å². The SMILES string of the molecule is COC(=O)C1=CC=C(c2ccccc2C(F)(F)F)S1(=O)=O. The van der Waals surface area contributed by atoms with Gasteiger partial charge in [-0.1, -0.05) is 18.2 Å². The Morgan fingerprint density at radius 2 is 1.76 bits per heavy atom. The van der Waals surface area contributed by atoms with Crippen LogP contribution in [-0.4, -0.2) is 21.5 Å². The van der Waals surface area contributed by atoms with Gasteiger partial charge in [-0.15, -0.1) is 0 Å². The van der Waals surface area contributed by atoms with Crippen LogP contribution in [0.15, 0.2) is 41.3 Å². The van der Waals surface area contributed by atoms with Gasteiger partial charge < -0.3 is 4.74 Å². The van der Waals surface area contributed by atoms with Gasteiger partial charge in [0, 0.05) is 5.56 Å². The number of hydrogen-bond acceptors (Lipinski definition) is 4. The highest BCUT2D eigenvalue weighted by Gasteiger charge is 2.40. The molecular formula is C13H9F3O4S. The van der Waals surface area contributed by atoms with Crippen molar-refractivity contribution < 1.29 is 31.1 Å². The van der Waals surface area contributed by atoms with Crippen molar-refractivity contribution >= 4 is 20.7 Å². The van der Waals surface area contributed by atoms with Crippen LogP contribution in [0.4, 0.5) is 13.2 Å². The Balaban J connectivity index is 2.56. The number of methoxy groups -OCH3 is 1. The molecule has 112 valence electrons. The molecule has 1 aromatic rings. The zero-order valence-electron chi connectivity index (χ0n) is 10.6. The third kappa shape index (κ3) is 2.58. The molecule has 1 heterocycles. The summed E-state index contributed by atoms with van der Waals surface area (Å²) >= 11 is 0. The third-order valence-electron chi connectivity index (χ3n) is 2.85. The van der Waals surface area contributed by atoms with Crippen LogP contribution < -0.4 is 0 Å². The van der Waals surface area contributed by atoms with Gasteiger partial charge in [-0.3, -0.25) is 0 Å². The van der Waals surface area contributed by atoms with Gasteiger partial charge in [-0.25, -0.2) is 13.2 Å². The van der Waals surface area contributed by atoms with Crippen LogP contribution in [0.1, 0.15) is 11.1 Å². The first-order chi connectivity index (χ1) is 9.69. The molecule has 1 aliphatic rings. The predicted molar refractivity (Wildman–Crippen MR) is 68.4 cm³/mol. The lowest BCUT2D eigenvalue weighted by Gasteiger charge is -2.13. The van der Waals surface area contributed by atoms with Gasteiger partial charge >= 0.3 is 12.1 Å². The van der Waals surface area contributed by atoms with Crippen LogP contribution in [0.2, 0.25) is 0 Å². The number of halogens is 3. The number of alkyl halides is 3. The van der Waals surface area contributed by atoms with Gasteiger partial charge in [-0.2, -0.15) is 13.2 Å². The fourth-order valence-electron chi connectivity index (χ4n) is 1.91. The highest BCUT2D eigenvalue weighted by Crippen LogP contribution is 2.40. The van der Waals surface area contributed by atoms with Crippen LogP contribution in [-0.2, 0) is 25.5 Å². The molecule has 0 unspecified atom stereocenters. The van der Waals surface area contributed by atoms with Crippen molar-refractivity contribution in [3.8, 4) is 0 Å². The monoisotopic (exact) mass is 318 g/mol. The van der Waals surface area contributed by atoms with Crippen LogP contribution >= 0.6 is 0 Å². The number of ether oxygens (including phenoxy) is 1. The Morgan fingerprint density at radius 1 is 1.14 bits per heavy atom. The van der Waals surface area contributed by atoms with E-state index in [1.807, 2.05) is 0 Å². The smallest absolute Gasteiger partial charge is 0.417 e. The van der Waals surface area contributed by atoms with E-state index in [0.717, 1.165) is 37.5 Å². The first kappa shape index (κ1) is 15.3. The summed E-state index contributed by atoms with van der Waals surface area (Å²) in [7, 11) is -3.34. The molecule has 0 saturated carbocycles. The van der Waals surface area contributed by atoms with E-state index in [-0.39, 0.29) is 0 Å². The van der Waals surface area contributed by atoms with Crippen LogP contribution in [0, 0.1) is 0 Å². The number of esters is 1. The van der Waals surface area contributed by atoms with Crippen LogP contribution in [0.5, 0.6) is 0 Å². The van der Waals surface area contributed by atoms with Crippen LogP contribution in [0.25, 0.3) is 4.91 Å².